The summed E-state index contributed by atoms with van der Waals surface area (Å²) in [6.07, 6.45) is 1.94. The maximum atomic E-state index is 13.7. The molecule has 180 valence electrons. The lowest BCUT2D eigenvalue weighted by Crippen LogP contribution is -2.44. The second-order valence-electron chi connectivity index (χ2n) is 9.27. The molecular weight excluding hydrogens is 444 g/mol. The summed E-state index contributed by atoms with van der Waals surface area (Å²) < 4.78 is 4.59. The number of aliphatic imine (C=N–C) groups is 1. The van der Waals surface area contributed by atoms with E-state index in [0.29, 0.717) is 36.0 Å². The van der Waals surface area contributed by atoms with Gasteiger partial charge in [-0.2, -0.15) is 4.98 Å². The molecule has 4 heterocycles. The fraction of sp³-hybridized carbons (Fsp3) is 0.360. The highest BCUT2D eigenvalue weighted by molar-refractivity contribution is 6.13. The van der Waals surface area contributed by atoms with Gasteiger partial charge in [-0.15, -0.1) is 0 Å². The van der Waals surface area contributed by atoms with Crippen molar-refractivity contribution in [1.82, 2.24) is 18.7 Å². The van der Waals surface area contributed by atoms with Gasteiger partial charge in [-0.3, -0.25) is 13.9 Å². The maximum Gasteiger partial charge on any atom is 0.332 e. The van der Waals surface area contributed by atoms with Crippen LogP contribution in [0.5, 0.6) is 0 Å². The average Bonchev–Trinajstić information content (AvgIpc) is 3.26. The summed E-state index contributed by atoms with van der Waals surface area (Å²) in [6.45, 7) is 4.07. The van der Waals surface area contributed by atoms with E-state index in [9.17, 15) is 9.59 Å². The van der Waals surface area contributed by atoms with E-state index in [1.165, 1.54) is 9.13 Å². The molecule has 3 N–H and O–H groups in total. The molecule has 2 aliphatic heterocycles. The van der Waals surface area contributed by atoms with Crippen molar-refractivity contribution in [2.24, 2.45) is 17.8 Å². The molecule has 0 aliphatic carbocycles. The van der Waals surface area contributed by atoms with Crippen molar-refractivity contribution >= 4 is 45.1 Å². The SMILES string of the molecule is CCn1c(N2CCC[C@@H](N)C2)nc2c1c(=O)n(CC1=Nc3cccc4cccc(c34)N1)c(=O)n2C. The van der Waals surface area contributed by atoms with Crippen LogP contribution in [-0.2, 0) is 20.1 Å². The van der Waals surface area contributed by atoms with Crippen LogP contribution in [0.15, 0.2) is 51.0 Å². The Bertz CT molecular complexity index is 1620. The number of benzene rings is 2. The van der Waals surface area contributed by atoms with Crippen LogP contribution in [0.4, 0.5) is 17.3 Å². The van der Waals surface area contributed by atoms with Crippen molar-refractivity contribution in [3.63, 3.8) is 0 Å². The predicted octanol–water partition coefficient (Wildman–Crippen LogP) is 2.15. The Labute approximate surface area is 201 Å². The molecule has 1 saturated heterocycles. The minimum atomic E-state index is -0.424. The standard InChI is InChI=1S/C25H28N8O2/c1-3-32-21-22(29-24(32)31-12-6-9-16(26)13-31)30(2)25(35)33(23(21)34)14-19-27-17-10-4-7-15-8-5-11-18(28-19)20(15)17/h4-5,7-8,10-11,16H,3,6,9,12-14,26H2,1-2H3,(H,27,28)/t16-/m1/s1. The molecular formula is C25H28N8O2. The fourth-order valence-electron chi connectivity index (χ4n) is 5.30. The Morgan fingerprint density at radius 1 is 1.14 bits per heavy atom. The van der Waals surface area contributed by atoms with Gasteiger partial charge in [-0.1, -0.05) is 24.3 Å². The first-order chi connectivity index (χ1) is 17.0. The number of amidine groups is 1. The van der Waals surface area contributed by atoms with E-state index in [1.54, 1.807) is 7.05 Å². The van der Waals surface area contributed by atoms with Crippen molar-refractivity contribution in [3.05, 3.63) is 57.2 Å². The predicted molar refractivity (Wildman–Crippen MR) is 139 cm³/mol. The molecule has 10 heteroatoms. The quantitative estimate of drug-likeness (QED) is 0.470. The molecule has 2 aromatic carbocycles. The van der Waals surface area contributed by atoms with Gasteiger partial charge in [0.25, 0.3) is 5.56 Å². The van der Waals surface area contributed by atoms with Crippen LogP contribution in [0.1, 0.15) is 19.8 Å². The normalized spacial score (nSPS) is 17.6. The monoisotopic (exact) mass is 472 g/mol. The van der Waals surface area contributed by atoms with Gasteiger partial charge in [0.2, 0.25) is 5.95 Å². The van der Waals surface area contributed by atoms with Gasteiger partial charge in [0, 0.05) is 43.8 Å². The first-order valence-corrected chi connectivity index (χ1v) is 12.0. The number of nitrogens with one attached hydrogen (secondary N) is 1. The van der Waals surface area contributed by atoms with Gasteiger partial charge in [0.15, 0.2) is 11.2 Å². The van der Waals surface area contributed by atoms with Crippen LogP contribution in [-0.4, -0.2) is 43.7 Å². The van der Waals surface area contributed by atoms with Crippen molar-refractivity contribution in [2.75, 3.05) is 23.3 Å². The van der Waals surface area contributed by atoms with E-state index in [1.807, 2.05) is 47.9 Å². The molecule has 10 nitrogen and oxygen atoms in total. The second kappa shape index (κ2) is 8.09. The zero-order chi connectivity index (χ0) is 24.3. The second-order valence-corrected chi connectivity index (χ2v) is 9.27. The summed E-state index contributed by atoms with van der Waals surface area (Å²) in [5, 5.41) is 5.43. The highest BCUT2D eigenvalue weighted by Crippen LogP contribution is 2.35. The summed E-state index contributed by atoms with van der Waals surface area (Å²) in [6, 6.07) is 12.0. The van der Waals surface area contributed by atoms with E-state index in [2.05, 4.69) is 10.2 Å². The van der Waals surface area contributed by atoms with Crippen LogP contribution in [0.3, 0.4) is 0 Å². The molecule has 0 radical (unpaired) electrons. The van der Waals surface area contributed by atoms with Gasteiger partial charge >= 0.3 is 5.69 Å². The molecule has 2 aromatic heterocycles. The van der Waals surface area contributed by atoms with E-state index < -0.39 is 5.69 Å². The van der Waals surface area contributed by atoms with E-state index in [4.69, 9.17) is 15.7 Å². The molecule has 0 saturated carbocycles. The first-order valence-electron chi connectivity index (χ1n) is 12.0. The summed E-state index contributed by atoms with van der Waals surface area (Å²) in [4.78, 5) is 38.6. The van der Waals surface area contributed by atoms with Gasteiger partial charge < -0.3 is 20.5 Å². The molecule has 4 aromatic rings. The van der Waals surface area contributed by atoms with Gasteiger partial charge in [-0.25, -0.2) is 9.79 Å². The van der Waals surface area contributed by atoms with Crippen LogP contribution in [0.25, 0.3) is 21.9 Å². The van der Waals surface area contributed by atoms with Gasteiger partial charge in [-0.05, 0) is 37.3 Å². The molecule has 1 atom stereocenters. The molecule has 0 bridgehead atoms. The Kier molecular flexibility index (Phi) is 4.99. The number of hydrogen-bond donors (Lipinski definition) is 2. The minimum absolute atomic E-state index is 0.0327. The Morgan fingerprint density at radius 3 is 2.71 bits per heavy atom. The number of imidazole rings is 1. The maximum absolute atomic E-state index is 13.7. The zero-order valence-electron chi connectivity index (χ0n) is 19.9. The number of anilines is 2. The highest BCUT2D eigenvalue weighted by atomic mass is 16.2. The number of fused-ring (bicyclic) bond motifs is 1. The van der Waals surface area contributed by atoms with Crippen molar-refractivity contribution in [3.8, 4) is 0 Å². The van der Waals surface area contributed by atoms with E-state index in [0.717, 1.165) is 41.5 Å². The van der Waals surface area contributed by atoms with Crippen LogP contribution < -0.4 is 27.2 Å². The Morgan fingerprint density at radius 2 is 1.94 bits per heavy atom. The minimum Gasteiger partial charge on any atom is -0.342 e. The largest absolute Gasteiger partial charge is 0.342 e. The van der Waals surface area contributed by atoms with Crippen LogP contribution in [0.2, 0.25) is 0 Å². The number of aromatic nitrogens is 4. The summed E-state index contributed by atoms with van der Waals surface area (Å²) >= 11 is 0. The zero-order valence-corrected chi connectivity index (χ0v) is 19.9. The number of rotatable bonds is 4. The van der Waals surface area contributed by atoms with Crippen LogP contribution >= 0.6 is 0 Å². The third-order valence-corrected chi connectivity index (χ3v) is 6.99. The van der Waals surface area contributed by atoms with Gasteiger partial charge in [0.05, 0.1) is 12.2 Å². The van der Waals surface area contributed by atoms with E-state index >= 15 is 0 Å². The lowest BCUT2D eigenvalue weighted by Gasteiger charge is -2.31. The van der Waals surface area contributed by atoms with Crippen molar-refractivity contribution in [2.45, 2.75) is 38.9 Å². The number of aryl methyl sites for hydroxylation is 2. The number of piperidine rings is 1. The number of hydrogen-bond acceptors (Lipinski definition) is 7. The van der Waals surface area contributed by atoms with Crippen LogP contribution in [0, 0.1) is 0 Å². The molecule has 1 fully saturated rings. The summed E-state index contributed by atoms with van der Waals surface area (Å²) in [5.41, 5.74) is 7.95. The molecule has 0 spiro atoms. The molecule has 35 heavy (non-hydrogen) atoms. The number of nitrogens with zero attached hydrogens (tertiary/aromatic N) is 6. The fourth-order valence-corrected chi connectivity index (χ4v) is 5.30. The topological polar surface area (TPSA) is 115 Å². The lowest BCUT2D eigenvalue weighted by molar-refractivity contribution is 0.494. The Hall–Kier alpha value is -3.92. The smallest absolute Gasteiger partial charge is 0.332 e. The summed E-state index contributed by atoms with van der Waals surface area (Å²) in [7, 11) is 1.66. The highest BCUT2D eigenvalue weighted by Gasteiger charge is 2.26. The summed E-state index contributed by atoms with van der Waals surface area (Å²) in [5.74, 6) is 1.23. The Balaban J connectivity index is 1.47. The molecule has 2 aliphatic rings. The number of nitrogens with two attached hydrogens (primary N) is 1. The van der Waals surface area contributed by atoms with Crippen molar-refractivity contribution < 1.29 is 0 Å². The molecule has 0 unspecified atom stereocenters. The molecule has 6 rings (SSSR count). The van der Waals surface area contributed by atoms with Gasteiger partial charge in [0.1, 0.15) is 5.84 Å². The van der Waals surface area contributed by atoms with Crippen molar-refractivity contribution in [1.29, 1.82) is 0 Å². The van der Waals surface area contributed by atoms with E-state index in [-0.39, 0.29) is 18.1 Å². The third-order valence-electron chi connectivity index (χ3n) is 6.99. The first kappa shape index (κ1) is 21.6. The third kappa shape index (κ3) is 3.35. The molecule has 0 amide bonds. The lowest BCUT2D eigenvalue weighted by atomic mass is 10.1. The average molecular weight is 473 g/mol.